The number of carboxylic acids is 1. The molecule has 98 valence electrons. The molecule has 0 spiro atoms. The average Bonchev–Trinajstić information content (AvgIpc) is 2.34. The summed E-state index contributed by atoms with van der Waals surface area (Å²) in [6.45, 7) is 1.19. The Labute approximate surface area is 99.1 Å². The summed E-state index contributed by atoms with van der Waals surface area (Å²) in [7, 11) is 0. The average molecular weight is 246 g/mol. The van der Waals surface area contributed by atoms with Crippen LogP contribution in [0.5, 0.6) is 0 Å². The van der Waals surface area contributed by atoms with Crippen molar-refractivity contribution in [2.75, 3.05) is 26.4 Å². The van der Waals surface area contributed by atoms with Crippen LogP contribution in [-0.4, -0.2) is 54.6 Å². The summed E-state index contributed by atoms with van der Waals surface area (Å²) in [4.78, 5) is 21.9. The van der Waals surface area contributed by atoms with E-state index in [4.69, 9.17) is 14.9 Å². The molecule has 1 aliphatic rings. The van der Waals surface area contributed by atoms with Gasteiger partial charge >= 0.3 is 12.0 Å². The molecule has 0 aromatic carbocycles. The molecule has 0 radical (unpaired) electrons. The number of nitrogens with one attached hydrogen (secondary N) is 2. The van der Waals surface area contributed by atoms with Crippen LogP contribution in [0.3, 0.4) is 0 Å². The van der Waals surface area contributed by atoms with Gasteiger partial charge in [-0.15, -0.1) is 0 Å². The lowest BCUT2D eigenvalue weighted by Crippen LogP contribution is -2.49. The van der Waals surface area contributed by atoms with Crippen molar-refractivity contribution >= 4 is 12.0 Å². The van der Waals surface area contributed by atoms with Crippen molar-refractivity contribution in [3.05, 3.63) is 0 Å². The van der Waals surface area contributed by atoms with Gasteiger partial charge in [0, 0.05) is 13.2 Å². The van der Waals surface area contributed by atoms with Gasteiger partial charge in [-0.1, -0.05) is 0 Å². The van der Waals surface area contributed by atoms with E-state index in [2.05, 4.69) is 10.6 Å². The first-order valence-corrected chi connectivity index (χ1v) is 5.59. The normalized spacial score (nSPS) is 21.6. The third-order valence-corrected chi connectivity index (χ3v) is 2.59. The van der Waals surface area contributed by atoms with Crippen LogP contribution in [0.2, 0.25) is 0 Å². The quantitative estimate of drug-likeness (QED) is 0.506. The van der Waals surface area contributed by atoms with E-state index in [0.717, 1.165) is 19.4 Å². The highest BCUT2D eigenvalue weighted by Gasteiger charge is 2.19. The number of ether oxygens (including phenoxy) is 1. The monoisotopic (exact) mass is 246 g/mol. The number of aliphatic carboxylic acids is 1. The van der Waals surface area contributed by atoms with E-state index in [1.807, 2.05) is 0 Å². The third kappa shape index (κ3) is 5.01. The van der Waals surface area contributed by atoms with Crippen molar-refractivity contribution in [1.82, 2.24) is 10.6 Å². The van der Waals surface area contributed by atoms with E-state index in [1.165, 1.54) is 0 Å². The lowest BCUT2D eigenvalue weighted by atomic mass is 10.0. The molecule has 1 unspecified atom stereocenters. The molecule has 4 N–H and O–H groups in total. The fraction of sp³-hybridized carbons (Fsp3) is 0.800. The van der Waals surface area contributed by atoms with Crippen LogP contribution in [-0.2, 0) is 9.53 Å². The zero-order valence-corrected chi connectivity index (χ0v) is 9.52. The smallest absolute Gasteiger partial charge is 0.328 e. The minimum absolute atomic E-state index is 0.270. The maximum absolute atomic E-state index is 11.3. The molecule has 1 rings (SSSR count). The van der Waals surface area contributed by atoms with Gasteiger partial charge in [0.05, 0.1) is 13.2 Å². The van der Waals surface area contributed by atoms with Crippen molar-refractivity contribution in [1.29, 1.82) is 0 Å². The number of carbonyl (C=O) groups excluding carboxylic acids is 1. The molecule has 0 aromatic heterocycles. The summed E-state index contributed by atoms with van der Waals surface area (Å²) < 4.78 is 5.25. The van der Waals surface area contributed by atoms with Crippen LogP contribution in [0.15, 0.2) is 0 Å². The molecular weight excluding hydrogens is 228 g/mol. The zero-order valence-electron chi connectivity index (χ0n) is 9.52. The van der Waals surface area contributed by atoms with Crippen LogP contribution in [0.25, 0.3) is 0 Å². The van der Waals surface area contributed by atoms with E-state index in [9.17, 15) is 9.59 Å². The number of carboxylic acid groups (broad SMARTS) is 1. The van der Waals surface area contributed by atoms with Crippen LogP contribution in [0.4, 0.5) is 4.79 Å². The highest BCUT2D eigenvalue weighted by Crippen LogP contribution is 2.11. The molecule has 7 heteroatoms. The second-order valence-electron chi connectivity index (χ2n) is 4.01. The Hall–Kier alpha value is -1.34. The Kier molecular flexibility index (Phi) is 5.71. The van der Waals surface area contributed by atoms with Crippen LogP contribution in [0, 0.1) is 5.92 Å². The molecule has 0 aromatic rings. The van der Waals surface area contributed by atoms with Gasteiger partial charge in [-0.05, 0) is 18.8 Å². The third-order valence-electron chi connectivity index (χ3n) is 2.59. The van der Waals surface area contributed by atoms with E-state index in [0.29, 0.717) is 13.2 Å². The van der Waals surface area contributed by atoms with Crippen LogP contribution < -0.4 is 10.6 Å². The molecule has 1 heterocycles. The minimum Gasteiger partial charge on any atom is -0.480 e. The Bertz CT molecular complexity index is 265. The van der Waals surface area contributed by atoms with Crippen molar-refractivity contribution < 1.29 is 24.5 Å². The summed E-state index contributed by atoms with van der Waals surface area (Å²) >= 11 is 0. The van der Waals surface area contributed by atoms with Crippen LogP contribution in [0.1, 0.15) is 12.8 Å². The lowest BCUT2D eigenvalue weighted by molar-refractivity contribution is -0.140. The number of aliphatic hydroxyl groups is 1. The lowest BCUT2D eigenvalue weighted by Gasteiger charge is -2.22. The minimum atomic E-state index is -1.27. The molecule has 1 saturated heterocycles. The summed E-state index contributed by atoms with van der Waals surface area (Å²) in [6, 6.07) is -1.85. The van der Waals surface area contributed by atoms with Gasteiger partial charge in [0.25, 0.3) is 0 Å². The first-order valence-electron chi connectivity index (χ1n) is 5.59. The standard InChI is InChI=1S/C10H18N2O5/c13-5-8(9(14)15)12-10(16)11-4-7-2-1-3-17-6-7/h7-8,13H,1-6H2,(H,14,15)(H2,11,12,16)/t7?,8-/m0/s1. The molecule has 2 amide bonds. The molecule has 0 bridgehead atoms. The van der Waals surface area contributed by atoms with Gasteiger partial charge in [-0.3, -0.25) is 0 Å². The molecule has 0 aliphatic carbocycles. The highest BCUT2D eigenvalue weighted by atomic mass is 16.5. The van der Waals surface area contributed by atoms with Gasteiger partial charge in [0.2, 0.25) is 0 Å². The Morgan fingerprint density at radius 1 is 1.47 bits per heavy atom. The second kappa shape index (κ2) is 7.08. The predicted molar refractivity (Wildman–Crippen MR) is 58.6 cm³/mol. The van der Waals surface area contributed by atoms with E-state index in [1.54, 1.807) is 0 Å². The molecule has 2 atom stereocenters. The maximum Gasteiger partial charge on any atom is 0.328 e. The Balaban J connectivity index is 2.21. The Morgan fingerprint density at radius 2 is 2.24 bits per heavy atom. The number of hydrogen-bond donors (Lipinski definition) is 4. The molecular formula is C10H18N2O5. The SMILES string of the molecule is O=C(NCC1CCCOC1)N[C@@H](CO)C(=O)O. The number of aliphatic hydroxyl groups excluding tert-OH is 1. The van der Waals surface area contributed by atoms with Gasteiger partial charge in [0.15, 0.2) is 6.04 Å². The predicted octanol–water partition coefficient (Wildman–Crippen LogP) is -0.842. The van der Waals surface area contributed by atoms with E-state index in [-0.39, 0.29) is 5.92 Å². The number of rotatable bonds is 5. The summed E-state index contributed by atoms with van der Waals surface area (Å²) in [6.07, 6.45) is 1.96. The number of urea groups is 1. The van der Waals surface area contributed by atoms with Crippen molar-refractivity contribution in [3.8, 4) is 0 Å². The first-order chi connectivity index (χ1) is 8.13. The summed E-state index contributed by atoms with van der Waals surface area (Å²) in [5, 5.41) is 22.1. The highest BCUT2D eigenvalue weighted by molar-refractivity contribution is 5.82. The van der Waals surface area contributed by atoms with Crippen LogP contribution >= 0.6 is 0 Å². The molecule has 7 nitrogen and oxygen atoms in total. The molecule has 1 fully saturated rings. The topological polar surface area (TPSA) is 108 Å². The summed E-state index contributed by atoms with van der Waals surface area (Å²) in [5.74, 6) is -0.990. The Morgan fingerprint density at radius 3 is 2.76 bits per heavy atom. The molecule has 1 aliphatic heterocycles. The van der Waals surface area contributed by atoms with Crippen molar-refractivity contribution in [2.45, 2.75) is 18.9 Å². The van der Waals surface area contributed by atoms with Crippen molar-refractivity contribution in [3.63, 3.8) is 0 Å². The van der Waals surface area contributed by atoms with Gasteiger partial charge < -0.3 is 25.6 Å². The van der Waals surface area contributed by atoms with Crippen molar-refractivity contribution in [2.24, 2.45) is 5.92 Å². The van der Waals surface area contributed by atoms with Gasteiger partial charge in [-0.2, -0.15) is 0 Å². The van der Waals surface area contributed by atoms with E-state index >= 15 is 0 Å². The molecule has 0 saturated carbocycles. The second-order valence-corrected chi connectivity index (χ2v) is 4.01. The largest absolute Gasteiger partial charge is 0.480 e. The number of amides is 2. The molecule has 17 heavy (non-hydrogen) atoms. The zero-order chi connectivity index (χ0) is 12.7. The fourth-order valence-corrected chi connectivity index (χ4v) is 1.60. The van der Waals surface area contributed by atoms with Gasteiger partial charge in [-0.25, -0.2) is 9.59 Å². The first kappa shape index (κ1) is 13.7. The number of carbonyl (C=O) groups is 2. The maximum atomic E-state index is 11.3. The van der Waals surface area contributed by atoms with Gasteiger partial charge in [0.1, 0.15) is 0 Å². The van der Waals surface area contributed by atoms with E-state index < -0.39 is 24.6 Å². The fourth-order valence-electron chi connectivity index (χ4n) is 1.60. The number of hydrogen-bond acceptors (Lipinski definition) is 4. The summed E-state index contributed by atoms with van der Waals surface area (Å²) in [5.41, 5.74) is 0.